The van der Waals surface area contributed by atoms with Crippen LogP contribution in [-0.4, -0.2) is 9.55 Å². The van der Waals surface area contributed by atoms with E-state index >= 15 is 0 Å². The molecule has 42 heavy (non-hydrogen) atoms. The molecule has 1 aliphatic rings. The van der Waals surface area contributed by atoms with Gasteiger partial charge in [0.2, 0.25) is 0 Å². The van der Waals surface area contributed by atoms with Crippen LogP contribution in [0, 0.1) is 0 Å². The van der Waals surface area contributed by atoms with Gasteiger partial charge < -0.3 is 4.90 Å². The van der Waals surface area contributed by atoms with E-state index in [9.17, 15) is 0 Å². The molecule has 0 atom stereocenters. The summed E-state index contributed by atoms with van der Waals surface area (Å²) in [6, 6.07) is 53.5. The van der Waals surface area contributed by atoms with Gasteiger partial charge in [-0.05, 0) is 71.3 Å². The normalized spacial score (nSPS) is 12.1. The number of hydrogen-bond acceptors (Lipinski definition) is 2. The van der Waals surface area contributed by atoms with Crippen LogP contribution in [0.25, 0.3) is 51.4 Å². The molecule has 198 valence electrons. The first-order valence-electron chi connectivity index (χ1n) is 14.2. The maximum absolute atomic E-state index is 5.16. The van der Waals surface area contributed by atoms with Gasteiger partial charge in [0.05, 0.1) is 28.1 Å². The van der Waals surface area contributed by atoms with Gasteiger partial charge in [0.25, 0.3) is 0 Å². The first-order valence-corrected chi connectivity index (χ1v) is 14.2. The van der Waals surface area contributed by atoms with Crippen LogP contribution < -0.4 is 4.90 Å². The minimum atomic E-state index is 0.921. The second kappa shape index (κ2) is 10.1. The Labute approximate surface area is 245 Å². The van der Waals surface area contributed by atoms with E-state index in [4.69, 9.17) is 4.98 Å². The zero-order valence-electron chi connectivity index (χ0n) is 22.9. The highest BCUT2D eigenvalue weighted by atomic mass is 15.1. The molecule has 0 saturated heterocycles. The lowest BCUT2D eigenvalue weighted by Gasteiger charge is -2.27. The first kappa shape index (κ1) is 24.2. The number of anilines is 3. The number of imidazole rings is 1. The van der Waals surface area contributed by atoms with E-state index in [1.54, 1.807) is 0 Å². The van der Waals surface area contributed by atoms with Crippen LogP contribution in [0.5, 0.6) is 0 Å². The van der Waals surface area contributed by atoms with Gasteiger partial charge in [-0.25, -0.2) is 4.98 Å². The molecule has 0 bridgehead atoms. The summed E-state index contributed by atoms with van der Waals surface area (Å²) < 4.78 is 2.30. The molecule has 3 heteroatoms. The van der Waals surface area contributed by atoms with Crippen molar-refractivity contribution in [1.82, 2.24) is 9.55 Å². The minimum Gasteiger partial charge on any atom is -0.309 e. The third-order valence-electron chi connectivity index (χ3n) is 7.97. The fourth-order valence-corrected chi connectivity index (χ4v) is 6.01. The van der Waals surface area contributed by atoms with Gasteiger partial charge in [0.15, 0.2) is 0 Å². The summed E-state index contributed by atoms with van der Waals surface area (Å²) in [7, 11) is 0. The molecule has 0 radical (unpaired) electrons. The molecule has 3 nitrogen and oxygen atoms in total. The predicted molar refractivity (Wildman–Crippen MR) is 176 cm³/mol. The van der Waals surface area contributed by atoms with Crippen LogP contribution in [0.15, 0.2) is 152 Å². The topological polar surface area (TPSA) is 21.1 Å². The Morgan fingerprint density at radius 1 is 0.429 bits per heavy atom. The van der Waals surface area contributed by atoms with Crippen molar-refractivity contribution in [3.05, 3.63) is 163 Å². The molecule has 0 fully saturated rings. The minimum absolute atomic E-state index is 0.921. The van der Waals surface area contributed by atoms with Crippen molar-refractivity contribution in [3.63, 3.8) is 0 Å². The highest BCUT2D eigenvalue weighted by molar-refractivity contribution is 5.93. The molecule has 1 aromatic heterocycles. The fraction of sp³-hybridized carbons (Fsp3) is 0. The van der Waals surface area contributed by atoms with E-state index < -0.39 is 0 Å². The van der Waals surface area contributed by atoms with E-state index in [0.717, 1.165) is 45.2 Å². The number of aromatic nitrogens is 2. The standard InChI is InChI=1S/C39H27N3/c1-2-12-28(13-3-1)33-16-6-10-20-37(33)42-38-21-11-7-17-34(38)40-39(42)31-24-26-32(27-25-31)41-35-18-8-4-14-29(35)22-23-30-15-5-9-19-36(30)41/h1-27H. The van der Waals surface area contributed by atoms with Gasteiger partial charge in [0, 0.05) is 16.8 Å². The van der Waals surface area contributed by atoms with E-state index in [1.165, 1.54) is 22.3 Å². The molecule has 0 spiro atoms. The summed E-state index contributed by atoms with van der Waals surface area (Å²) in [5.74, 6) is 0.921. The van der Waals surface area contributed by atoms with Crippen LogP contribution in [0.2, 0.25) is 0 Å². The smallest absolute Gasteiger partial charge is 0.145 e. The number of fused-ring (bicyclic) bond motifs is 3. The average Bonchev–Trinajstić information content (AvgIpc) is 3.36. The number of nitrogens with zero attached hydrogens (tertiary/aromatic N) is 3. The number of benzene rings is 6. The van der Waals surface area contributed by atoms with Crippen LogP contribution in [0.4, 0.5) is 17.1 Å². The highest BCUT2D eigenvalue weighted by Gasteiger charge is 2.21. The zero-order chi connectivity index (χ0) is 27.9. The first-order chi connectivity index (χ1) is 20.8. The number of hydrogen-bond donors (Lipinski definition) is 0. The molecule has 0 saturated carbocycles. The Bertz CT molecular complexity index is 2040. The summed E-state index contributed by atoms with van der Waals surface area (Å²) in [5, 5.41) is 0. The Balaban J connectivity index is 1.29. The Hall–Kier alpha value is -5.67. The summed E-state index contributed by atoms with van der Waals surface area (Å²) in [5.41, 5.74) is 12.4. The molecule has 0 unspecified atom stereocenters. The predicted octanol–water partition coefficient (Wildman–Crippen LogP) is 10.3. The maximum Gasteiger partial charge on any atom is 0.145 e. The van der Waals surface area contributed by atoms with E-state index in [2.05, 4.69) is 173 Å². The monoisotopic (exact) mass is 537 g/mol. The molecule has 0 N–H and O–H groups in total. The summed E-state index contributed by atoms with van der Waals surface area (Å²) in [6.45, 7) is 0. The molecule has 8 rings (SSSR count). The zero-order valence-corrected chi connectivity index (χ0v) is 22.9. The largest absolute Gasteiger partial charge is 0.309 e. The molecule has 0 amide bonds. The lowest BCUT2D eigenvalue weighted by Crippen LogP contribution is -2.11. The van der Waals surface area contributed by atoms with Crippen LogP contribution in [-0.2, 0) is 0 Å². The fourth-order valence-electron chi connectivity index (χ4n) is 6.01. The van der Waals surface area contributed by atoms with Crippen molar-refractivity contribution in [3.8, 4) is 28.2 Å². The van der Waals surface area contributed by atoms with Crippen molar-refractivity contribution in [2.45, 2.75) is 0 Å². The molecule has 2 heterocycles. The van der Waals surface area contributed by atoms with Crippen LogP contribution >= 0.6 is 0 Å². The Kier molecular flexibility index (Phi) is 5.79. The van der Waals surface area contributed by atoms with E-state index in [1.807, 2.05) is 0 Å². The van der Waals surface area contributed by atoms with Crippen molar-refractivity contribution < 1.29 is 0 Å². The average molecular weight is 538 g/mol. The van der Waals surface area contributed by atoms with E-state index in [0.29, 0.717) is 0 Å². The molecule has 0 aliphatic carbocycles. The molecular weight excluding hydrogens is 510 g/mol. The summed E-state index contributed by atoms with van der Waals surface area (Å²) >= 11 is 0. The second-order valence-electron chi connectivity index (χ2n) is 10.5. The maximum atomic E-state index is 5.16. The van der Waals surface area contributed by atoms with Crippen molar-refractivity contribution >= 4 is 40.2 Å². The van der Waals surface area contributed by atoms with Crippen molar-refractivity contribution in [2.75, 3.05) is 4.90 Å². The lowest BCUT2D eigenvalue weighted by atomic mass is 10.0. The van der Waals surface area contributed by atoms with Crippen LogP contribution in [0.3, 0.4) is 0 Å². The number of rotatable bonds is 4. The van der Waals surface area contributed by atoms with Gasteiger partial charge in [-0.2, -0.15) is 0 Å². The van der Waals surface area contributed by atoms with Crippen molar-refractivity contribution in [1.29, 1.82) is 0 Å². The molecule has 6 aromatic carbocycles. The summed E-state index contributed by atoms with van der Waals surface area (Å²) in [6.07, 6.45) is 4.41. The van der Waals surface area contributed by atoms with Gasteiger partial charge in [-0.15, -0.1) is 0 Å². The van der Waals surface area contributed by atoms with Gasteiger partial charge in [-0.1, -0.05) is 109 Å². The summed E-state index contributed by atoms with van der Waals surface area (Å²) in [4.78, 5) is 7.51. The SMILES string of the molecule is C1=Cc2ccccc2N(c2ccc(-c3nc4ccccc4n3-c3ccccc3-c3ccccc3)cc2)c2ccccc21. The van der Waals surface area contributed by atoms with Crippen LogP contribution in [0.1, 0.15) is 11.1 Å². The van der Waals surface area contributed by atoms with Crippen molar-refractivity contribution in [2.24, 2.45) is 0 Å². The quantitative estimate of drug-likeness (QED) is 0.223. The lowest BCUT2D eigenvalue weighted by molar-refractivity contribution is 1.10. The third kappa shape index (κ3) is 4.03. The second-order valence-corrected chi connectivity index (χ2v) is 10.5. The van der Waals surface area contributed by atoms with Gasteiger partial charge in [0.1, 0.15) is 5.82 Å². The molecular formula is C39H27N3. The van der Waals surface area contributed by atoms with Gasteiger partial charge in [-0.3, -0.25) is 4.57 Å². The number of para-hydroxylation sites is 5. The van der Waals surface area contributed by atoms with Gasteiger partial charge >= 0.3 is 0 Å². The highest BCUT2D eigenvalue weighted by Crippen LogP contribution is 2.42. The molecule has 1 aliphatic heterocycles. The Morgan fingerprint density at radius 3 is 1.71 bits per heavy atom. The van der Waals surface area contributed by atoms with E-state index in [-0.39, 0.29) is 0 Å². The molecule has 7 aromatic rings. The Morgan fingerprint density at radius 2 is 1.00 bits per heavy atom. The third-order valence-corrected chi connectivity index (χ3v) is 7.97.